The fraction of sp³-hybridized carbons (Fsp3) is 0.431. The number of hydrogen-bond donors (Lipinski definition) is 3. The summed E-state index contributed by atoms with van der Waals surface area (Å²) in [6.07, 6.45) is 3.44. The highest BCUT2D eigenvalue weighted by molar-refractivity contribution is 7.90. The zero-order valence-corrected chi connectivity index (χ0v) is 41.5. The maximum Gasteiger partial charge on any atom is 0.417 e. The van der Waals surface area contributed by atoms with E-state index in [4.69, 9.17) is 4.98 Å². The first-order valence-corrected chi connectivity index (χ1v) is 25.7. The quantitative estimate of drug-likeness (QED) is 0.118. The van der Waals surface area contributed by atoms with Crippen LogP contribution in [-0.4, -0.2) is 106 Å². The van der Waals surface area contributed by atoms with E-state index in [1.54, 1.807) is 42.5 Å². The molecule has 2 aromatic carbocycles. The molecule has 71 heavy (non-hydrogen) atoms. The van der Waals surface area contributed by atoms with Crippen LogP contribution in [-0.2, 0) is 53.8 Å². The van der Waals surface area contributed by atoms with Crippen LogP contribution < -0.4 is 30.9 Å². The Morgan fingerprint density at radius 1 is 0.986 bits per heavy atom. The third-order valence-corrected chi connectivity index (χ3v) is 15.6. The van der Waals surface area contributed by atoms with Crippen molar-refractivity contribution in [2.45, 2.75) is 95.7 Å². The van der Waals surface area contributed by atoms with Gasteiger partial charge in [-0.1, -0.05) is 20.4 Å². The number of hydrogen-bond acceptors (Lipinski definition) is 12. The number of pyridine rings is 1. The monoisotopic (exact) mass is 996 g/mol. The summed E-state index contributed by atoms with van der Waals surface area (Å²) in [6.45, 7) is 15.1. The van der Waals surface area contributed by atoms with Gasteiger partial charge in [0, 0.05) is 111 Å². The van der Waals surface area contributed by atoms with E-state index in [9.17, 15) is 41.1 Å². The van der Waals surface area contributed by atoms with Crippen LogP contribution >= 0.6 is 0 Å². The number of fused-ring (bicyclic) bond motifs is 3. The van der Waals surface area contributed by atoms with Gasteiger partial charge in [-0.15, -0.1) is 0 Å². The molecule has 2 saturated heterocycles. The Hall–Kier alpha value is -6.51. The molecule has 9 rings (SSSR count). The van der Waals surface area contributed by atoms with Gasteiger partial charge in [-0.3, -0.25) is 24.2 Å². The molecule has 3 atom stereocenters. The Bertz CT molecular complexity index is 3130. The van der Waals surface area contributed by atoms with Gasteiger partial charge in [0.25, 0.3) is 11.5 Å². The number of benzene rings is 2. The number of alkyl halides is 3. The summed E-state index contributed by atoms with van der Waals surface area (Å²) in [6, 6.07) is 12.5. The molecule has 1 aliphatic carbocycles. The largest absolute Gasteiger partial charge is 0.417 e. The summed E-state index contributed by atoms with van der Waals surface area (Å²) >= 11 is 0. The number of nitrogens with zero attached hydrogens (tertiary/aromatic N) is 8. The van der Waals surface area contributed by atoms with Gasteiger partial charge in [-0.2, -0.15) is 13.2 Å². The Morgan fingerprint density at radius 2 is 1.76 bits per heavy atom. The number of piperidine rings is 1. The molecule has 2 amide bonds. The summed E-state index contributed by atoms with van der Waals surface area (Å²) in [7, 11) is -2.50. The van der Waals surface area contributed by atoms with E-state index in [1.807, 2.05) is 24.0 Å². The highest BCUT2D eigenvalue weighted by atomic mass is 32.2. The molecular weight excluding hydrogens is 938 g/mol. The number of carbonyl (C=O) groups is 2. The molecule has 0 spiro atoms. The summed E-state index contributed by atoms with van der Waals surface area (Å²) < 4.78 is 69.9. The zero-order valence-electron chi connectivity index (χ0n) is 40.7. The van der Waals surface area contributed by atoms with Crippen molar-refractivity contribution in [1.29, 1.82) is 0 Å². The number of aryl methyl sites for hydroxylation is 1. The van der Waals surface area contributed by atoms with Crippen LogP contribution in [0.25, 0.3) is 11.3 Å². The van der Waals surface area contributed by atoms with Crippen LogP contribution in [0.1, 0.15) is 73.4 Å². The third-order valence-electron chi connectivity index (χ3n) is 14.5. The van der Waals surface area contributed by atoms with Gasteiger partial charge in [-0.05, 0) is 105 Å². The Labute approximate surface area is 410 Å². The van der Waals surface area contributed by atoms with Crippen molar-refractivity contribution >= 4 is 56.0 Å². The van der Waals surface area contributed by atoms with Crippen LogP contribution in [0.5, 0.6) is 0 Å². The predicted molar refractivity (Wildman–Crippen MR) is 267 cm³/mol. The van der Waals surface area contributed by atoms with E-state index in [-0.39, 0.29) is 35.3 Å². The van der Waals surface area contributed by atoms with E-state index < -0.39 is 44.5 Å². The van der Waals surface area contributed by atoms with Crippen molar-refractivity contribution in [1.82, 2.24) is 24.0 Å². The van der Waals surface area contributed by atoms with Crippen molar-refractivity contribution < 1.29 is 36.3 Å². The van der Waals surface area contributed by atoms with E-state index in [2.05, 4.69) is 57.3 Å². The van der Waals surface area contributed by atoms with Crippen LogP contribution in [0, 0.1) is 5.41 Å². The Balaban J connectivity index is 0.917. The number of aliphatic hydroxyl groups is 1. The molecule has 2 fully saturated rings. The summed E-state index contributed by atoms with van der Waals surface area (Å²) in [5.41, 5.74) is 4.81. The van der Waals surface area contributed by atoms with Crippen molar-refractivity contribution in [3.05, 3.63) is 112 Å². The number of nitrogens with one attached hydrogen (secondary N) is 2. The standard InChI is InChI=1S/C51H59F3N10O6S/c1-8-45(66)57-39-23-33(9-11-41(39)62-18-17-60(27-31(62)3)34-14-16-61(30(2)21-34)35-10-12-44(71(7,69)70)38(24-35)51(52,53)54)56-46-49(68)59(6)28-40(58-46)36-13-15-55-47(37(36)29-65)64-20-19-63-42(48(64)67)22-32-25-50(4,5)26-43(32)63/h8-13,15,22-24,28,30-31,34,65H,1,14,16-21,25-27,29H2,2-7H3,(H,56,58)(H,57,66)/t30-,31-,34?/m0/s1. The first-order valence-electron chi connectivity index (χ1n) is 23.8. The minimum atomic E-state index is -4.83. The van der Waals surface area contributed by atoms with Crippen molar-refractivity contribution in [3.8, 4) is 11.3 Å². The lowest BCUT2D eigenvalue weighted by atomic mass is 9.90. The van der Waals surface area contributed by atoms with Gasteiger partial charge in [0.05, 0.1) is 34.1 Å². The first kappa shape index (κ1) is 49.5. The highest BCUT2D eigenvalue weighted by Crippen LogP contribution is 2.42. The third kappa shape index (κ3) is 9.56. The number of halogens is 3. The minimum Gasteiger partial charge on any atom is -0.392 e. The van der Waals surface area contributed by atoms with Gasteiger partial charge in [0.1, 0.15) is 11.5 Å². The normalized spacial score (nSPS) is 20.5. The second-order valence-electron chi connectivity index (χ2n) is 20.1. The smallest absolute Gasteiger partial charge is 0.392 e. The number of sulfone groups is 1. The zero-order chi connectivity index (χ0) is 50.9. The molecule has 0 bridgehead atoms. The molecule has 0 saturated carbocycles. The summed E-state index contributed by atoms with van der Waals surface area (Å²) in [4.78, 5) is 57.3. The number of aromatic nitrogens is 4. The number of aliphatic hydroxyl groups excluding tert-OH is 1. The number of piperazine rings is 1. The molecule has 3 aromatic heterocycles. The molecule has 376 valence electrons. The Kier molecular flexibility index (Phi) is 13.0. The topological polar surface area (TPSA) is 178 Å². The van der Waals surface area contributed by atoms with Crippen molar-refractivity contribution in [2.24, 2.45) is 12.5 Å². The number of amides is 2. The second kappa shape index (κ2) is 18.6. The predicted octanol–water partition coefficient (Wildman–Crippen LogP) is 6.78. The number of rotatable bonds is 11. The molecule has 1 unspecified atom stereocenters. The van der Waals surface area contributed by atoms with Crippen molar-refractivity contribution in [3.63, 3.8) is 0 Å². The molecule has 6 heterocycles. The lowest BCUT2D eigenvalue weighted by Crippen LogP contribution is -2.58. The van der Waals surface area contributed by atoms with Gasteiger partial charge in [0.2, 0.25) is 5.91 Å². The van der Waals surface area contributed by atoms with Gasteiger partial charge < -0.3 is 34.7 Å². The van der Waals surface area contributed by atoms with Crippen LogP contribution in [0.2, 0.25) is 0 Å². The maximum absolute atomic E-state index is 14.0. The lowest BCUT2D eigenvalue weighted by molar-refractivity contribution is -0.139. The first-order chi connectivity index (χ1) is 33.5. The molecule has 4 aliphatic rings. The molecular formula is C51H59F3N10O6S. The molecule has 20 heteroatoms. The molecule has 3 aliphatic heterocycles. The highest BCUT2D eigenvalue weighted by Gasteiger charge is 2.40. The van der Waals surface area contributed by atoms with E-state index in [1.165, 1.54) is 28.0 Å². The van der Waals surface area contributed by atoms with E-state index >= 15 is 0 Å². The SMILES string of the molecule is C=CC(=O)Nc1cc(Nc2nc(-c3ccnc(N4CCn5c(cc6c5CC(C)(C)C6)C4=O)c3CO)cn(C)c2=O)ccc1N1CCN(C2CCN(c3ccc(S(C)(=O)=O)c(C(F)(F)F)c3)[C@@H](C)C2)C[C@@H]1C. The number of carbonyl (C=O) groups excluding carboxylic acids is 2. The minimum absolute atomic E-state index is 0.0146. The fourth-order valence-electron chi connectivity index (χ4n) is 11.1. The fourth-order valence-corrected chi connectivity index (χ4v) is 12.0. The van der Waals surface area contributed by atoms with E-state index in [0.717, 1.165) is 36.9 Å². The lowest BCUT2D eigenvalue weighted by Gasteiger charge is -2.48. The molecule has 16 nitrogen and oxygen atoms in total. The molecule has 5 aromatic rings. The van der Waals surface area contributed by atoms with Gasteiger partial charge in [0.15, 0.2) is 15.7 Å². The maximum atomic E-state index is 14.0. The van der Waals surface area contributed by atoms with Crippen LogP contribution in [0.15, 0.2) is 83.3 Å². The van der Waals surface area contributed by atoms with Gasteiger partial charge >= 0.3 is 6.18 Å². The average molecular weight is 997 g/mol. The van der Waals surface area contributed by atoms with Crippen LogP contribution in [0.3, 0.4) is 0 Å². The van der Waals surface area contributed by atoms with Gasteiger partial charge in [-0.25, -0.2) is 18.4 Å². The van der Waals surface area contributed by atoms with Crippen LogP contribution in [0.4, 0.5) is 47.6 Å². The van der Waals surface area contributed by atoms with E-state index in [0.29, 0.717) is 97.5 Å². The Morgan fingerprint density at radius 3 is 2.45 bits per heavy atom. The average Bonchev–Trinajstić information content (AvgIpc) is 3.81. The summed E-state index contributed by atoms with van der Waals surface area (Å²) in [5, 5.41) is 16.9. The summed E-state index contributed by atoms with van der Waals surface area (Å²) in [5.74, 6) is -0.320. The van der Waals surface area contributed by atoms with Crippen molar-refractivity contribution in [2.75, 3.05) is 64.3 Å². The molecule has 3 N–H and O–H groups in total. The second-order valence-corrected chi connectivity index (χ2v) is 22.1. The molecule has 0 radical (unpaired) electrons. The number of anilines is 6.